The normalized spacial score (nSPS) is 14.1. The number of carbonyl (C=O) groups is 2. The van der Waals surface area contributed by atoms with E-state index in [2.05, 4.69) is 4.90 Å². The first-order chi connectivity index (χ1) is 13.9. The lowest BCUT2D eigenvalue weighted by Crippen LogP contribution is -2.49. The number of piperazine rings is 1. The summed E-state index contributed by atoms with van der Waals surface area (Å²) in [7, 11) is 1.66. The lowest BCUT2D eigenvalue weighted by Gasteiger charge is -2.36. The summed E-state index contributed by atoms with van der Waals surface area (Å²) in [4.78, 5) is 29.1. The summed E-state index contributed by atoms with van der Waals surface area (Å²) < 4.78 is 12.2. The summed E-state index contributed by atoms with van der Waals surface area (Å²) in [6.07, 6.45) is 0. The van der Waals surface area contributed by atoms with Crippen LogP contribution < -0.4 is 9.64 Å². The van der Waals surface area contributed by atoms with Crippen molar-refractivity contribution in [2.75, 3.05) is 44.8 Å². The molecule has 1 amide bonds. The average Bonchev–Trinajstić information content (AvgIpc) is 3.02. The largest absolute Gasteiger partial charge is 0.497 e. The van der Waals surface area contributed by atoms with E-state index in [0.717, 1.165) is 35.9 Å². The van der Waals surface area contributed by atoms with Crippen LogP contribution in [0.2, 0.25) is 0 Å². The molecule has 0 N–H and O–H groups in total. The molecular weight excluding hydrogens is 370 g/mol. The monoisotopic (exact) mass is 399 g/mol. The SMILES string of the molecule is CCOC(=O)c1cc(C)n(CC(=O)N2CCN(c3ccc(OC)cc3)CC2)c1C. The number of methoxy groups -OCH3 is 1. The number of esters is 1. The highest BCUT2D eigenvalue weighted by atomic mass is 16.5. The fourth-order valence-corrected chi connectivity index (χ4v) is 3.70. The second-order valence-corrected chi connectivity index (χ2v) is 7.16. The number of aromatic nitrogens is 1. The van der Waals surface area contributed by atoms with Gasteiger partial charge in [-0.25, -0.2) is 4.79 Å². The number of carbonyl (C=O) groups excluding carboxylic acids is 2. The Morgan fingerprint density at radius 3 is 2.28 bits per heavy atom. The molecule has 156 valence electrons. The molecule has 1 aromatic heterocycles. The zero-order valence-corrected chi connectivity index (χ0v) is 17.6. The Balaban J connectivity index is 1.60. The van der Waals surface area contributed by atoms with Gasteiger partial charge in [0.2, 0.25) is 5.91 Å². The molecule has 0 radical (unpaired) electrons. The van der Waals surface area contributed by atoms with Gasteiger partial charge in [0.25, 0.3) is 0 Å². The molecule has 1 saturated heterocycles. The molecule has 0 atom stereocenters. The van der Waals surface area contributed by atoms with Crippen LogP contribution in [0, 0.1) is 13.8 Å². The third-order valence-electron chi connectivity index (χ3n) is 5.43. The van der Waals surface area contributed by atoms with Crippen LogP contribution in [0.4, 0.5) is 5.69 Å². The van der Waals surface area contributed by atoms with Gasteiger partial charge in [-0.15, -0.1) is 0 Å². The maximum Gasteiger partial charge on any atom is 0.339 e. The molecular formula is C22H29N3O4. The third kappa shape index (κ3) is 4.55. The van der Waals surface area contributed by atoms with Gasteiger partial charge < -0.3 is 23.8 Å². The number of rotatable bonds is 6. The molecule has 0 saturated carbocycles. The fraction of sp³-hybridized carbons (Fsp3) is 0.455. The van der Waals surface area contributed by atoms with E-state index in [0.29, 0.717) is 25.3 Å². The van der Waals surface area contributed by atoms with Crippen molar-refractivity contribution in [3.05, 3.63) is 47.3 Å². The summed E-state index contributed by atoms with van der Waals surface area (Å²) in [6.45, 7) is 9.04. The van der Waals surface area contributed by atoms with Gasteiger partial charge in [0.15, 0.2) is 0 Å². The van der Waals surface area contributed by atoms with Crippen LogP contribution in [-0.4, -0.2) is 61.2 Å². The molecule has 2 heterocycles. The standard InChI is InChI=1S/C22H29N3O4/c1-5-29-22(27)20-14-16(2)25(17(20)3)15-21(26)24-12-10-23(11-13-24)18-6-8-19(28-4)9-7-18/h6-9,14H,5,10-13,15H2,1-4H3. The second-order valence-electron chi connectivity index (χ2n) is 7.16. The predicted molar refractivity (Wildman–Crippen MR) is 112 cm³/mol. The van der Waals surface area contributed by atoms with E-state index >= 15 is 0 Å². The minimum absolute atomic E-state index is 0.0663. The summed E-state index contributed by atoms with van der Waals surface area (Å²) in [5.74, 6) is 0.561. The zero-order valence-electron chi connectivity index (χ0n) is 17.6. The predicted octanol–water partition coefficient (Wildman–Crippen LogP) is 2.64. The molecule has 0 bridgehead atoms. The molecule has 1 aliphatic rings. The van der Waals surface area contributed by atoms with Crippen LogP contribution >= 0.6 is 0 Å². The second kappa shape index (κ2) is 9.03. The average molecular weight is 399 g/mol. The molecule has 3 rings (SSSR count). The van der Waals surface area contributed by atoms with Crippen molar-refractivity contribution in [2.24, 2.45) is 0 Å². The Hall–Kier alpha value is -2.96. The molecule has 1 aromatic carbocycles. The van der Waals surface area contributed by atoms with Gasteiger partial charge in [-0.1, -0.05) is 0 Å². The highest BCUT2D eigenvalue weighted by Gasteiger charge is 2.24. The molecule has 1 fully saturated rings. The van der Waals surface area contributed by atoms with E-state index in [-0.39, 0.29) is 18.4 Å². The van der Waals surface area contributed by atoms with Crippen LogP contribution in [0.15, 0.2) is 30.3 Å². The Morgan fingerprint density at radius 2 is 1.69 bits per heavy atom. The zero-order chi connectivity index (χ0) is 21.0. The lowest BCUT2D eigenvalue weighted by molar-refractivity contribution is -0.132. The van der Waals surface area contributed by atoms with E-state index < -0.39 is 0 Å². The Kier molecular flexibility index (Phi) is 6.46. The van der Waals surface area contributed by atoms with Crippen LogP contribution in [0.25, 0.3) is 0 Å². The highest BCUT2D eigenvalue weighted by molar-refractivity contribution is 5.91. The highest BCUT2D eigenvalue weighted by Crippen LogP contribution is 2.21. The van der Waals surface area contributed by atoms with Gasteiger partial charge >= 0.3 is 5.97 Å². The number of amides is 1. The quantitative estimate of drug-likeness (QED) is 0.699. The van der Waals surface area contributed by atoms with Gasteiger partial charge in [-0.05, 0) is 51.1 Å². The smallest absolute Gasteiger partial charge is 0.339 e. The summed E-state index contributed by atoms with van der Waals surface area (Å²) in [5, 5.41) is 0. The third-order valence-corrected chi connectivity index (χ3v) is 5.43. The van der Waals surface area contributed by atoms with E-state index in [4.69, 9.17) is 9.47 Å². The Morgan fingerprint density at radius 1 is 1.03 bits per heavy atom. The molecule has 1 aliphatic heterocycles. The van der Waals surface area contributed by atoms with Crippen molar-refractivity contribution in [3.8, 4) is 5.75 Å². The number of anilines is 1. The topological polar surface area (TPSA) is 64.0 Å². The number of aryl methyl sites for hydroxylation is 1. The number of nitrogens with zero attached hydrogens (tertiary/aromatic N) is 3. The summed E-state index contributed by atoms with van der Waals surface area (Å²) in [6, 6.07) is 9.78. The van der Waals surface area contributed by atoms with Crippen molar-refractivity contribution in [3.63, 3.8) is 0 Å². The van der Waals surface area contributed by atoms with Crippen LogP contribution in [0.1, 0.15) is 28.7 Å². The van der Waals surface area contributed by atoms with Crippen molar-refractivity contribution in [2.45, 2.75) is 27.3 Å². The van der Waals surface area contributed by atoms with Crippen molar-refractivity contribution >= 4 is 17.6 Å². The Labute approximate surface area is 171 Å². The van der Waals surface area contributed by atoms with Gasteiger partial charge in [-0.2, -0.15) is 0 Å². The fourth-order valence-electron chi connectivity index (χ4n) is 3.70. The molecule has 29 heavy (non-hydrogen) atoms. The van der Waals surface area contributed by atoms with Crippen LogP contribution in [0.5, 0.6) is 5.75 Å². The van der Waals surface area contributed by atoms with Gasteiger partial charge in [0.05, 0.1) is 19.3 Å². The molecule has 0 aliphatic carbocycles. The number of ether oxygens (including phenoxy) is 2. The Bertz CT molecular complexity index is 865. The lowest BCUT2D eigenvalue weighted by atomic mass is 10.2. The molecule has 2 aromatic rings. The number of benzene rings is 1. The molecule has 7 nitrogen and oxygen atoms in total. The van der Waals surface area contributed by atoms with Crippen LogP contribution in [-0.2, 0) is 16.1 Å². The first-order valence-corrected chi connectivity index (χ1v) is 9.95. The van der Waals surface area contributed by atoms with E-state index in [1.807, 2.05) is 47.6 Å². The van der Waals surface area contributed by atoms with E-state index in [9.17, 15) is 9.59 Å². The summed E-state index contributed by atoms with van der Waals surface area (Å²) in [5.41, 5.74) is 3.32. The minimum Gasteiger partial charge on any atom is -0.497 e. The molecule has 0 spiro atoms. The molecule has 0 unspecified atom stereocenters. The molecule has 7 heteroatoms. The van der Waals surface area contributed by atoms with E-state index in [1.54, 1.807) is 20.1 Å². The number of hydrogen-bond donors (Lipinski definition) is 0. The van der Waals surface area contributed by atoms with Gasteiger partial charge in [0, 0.05) is 43.3 Å². The first-order valence-electron chi connectivity index (χ1n) is 9.95. The van der Waals surface area contributed by atoms with Gasteiger partial charge in [-0.3, -0.25) is 4.79 Å². The van der Waals surface area contributed by atoms with E-state index in [1.165, 1.54) is 0 Å². The maximum atomic E-state index is 12.9. The minimum atomic E-state index is -0.340. The first kappa shape index (κ1) is 20.8. The number of hydrogen-bond acceptors (Lipinski definition) is 5. The van der Waals surface area contributed by atoms with Gasteiger partial charge in [0.1, 0.15) is 12.3 Å². The van der Waals surface area contributed by atoms with Crippen molar-refractivity contribution in [1.29, 1.82) is 0 Å². The maximum absolute atomic E-state index is 12.9. The summed E-state index contributed by atoms with van der Waals surface area (Å²) >= 11 is 0. The van der Waals surface area contributed by atoms with Crippen LogP contribution in [0.3, 0.4) is 0 Å². The van der Waals surface area contributed by atoms with Crippen molar-refractivity contribution < 1.29 is 19.1 Å². The van der Waals surface area contributed by atoms with Crippen molar-refractivity contribution in [1.82, 2.24) is 9.47 Å².